The summed E-state index contributed by atoms with van der Waals surface area (Å²) in [5, 5.41) is 19.7. The number of allylic oxidation sites excluding steroid dienone is 1. The van der Waals surface area contributed by atoms with Gasteiger partial charge in [-0.2, -0.15) is 0 Å². The third-order valence-corrected chi connectivity index (χ3v) is 5.14. The minimum atomic E-state index is -0.723. The third-order valence-electron chi connectivity index (χ3n) is 5.14. The fourth-order valence-electron chi connectivity index (χ4n) is 3.76. The van der Waals surface area contributed by atoms with Crippen molar-refractivity contribution in [1.82, 2.24) is 0 Å². The van der Waals surface area contributed by atoms with Gasteiger partial charge >= 0.3 is 5.97 Å². The largest absolute Gasteiger partial charge is 0.456 e. The number of aliphatic hydroxyl groups excluding tert-OH is 1. The molecule has 5 nitrogen and oxygen atoms in total. The van der Waals surface area contributed by atoms with E-state index in [1.165, 1.54) is 0 Å². The average Bonchev–Trinajstić information content (AvgIpc) is 2.71. The molecule has 0 aromatic rings. The average molecular weight is 280 g/mol. The summed E-state index contributed by atoms with van der Waals surface area (Å²) in [6, 6.07) is 0. The lowest BCUT2D eigenvalue weighted by Crippen LogP contribution is -2.48. The molecule has 0 aromatic carbocycles. The van der Waals surface area contributed by atoms with Crippen LogP contribution in [0.25, 0.3) is 0 Å². The third kappa shape index (κ3) is 1.92. The summed E-state index contributed by atoms with van der Waals surface area (Å²) in [5.41, 5.74) is 1.05. The van der Waals surface area contributed by atoms with Crippen LogP contribution < -0.4 is 0 Å². The highest BCUT2D eigenvalue weighted by molar-refractivity contribution is 5.91. The minimum Gasteiger partial charge on any atom is -0.456 e. The Morgan fingerprint density at radius 1 is 1.55 bits per heavy atom. The van der Waals surface area contributed by atoms with Crippen LogP contribution in [0.3, 0.4) is 0 Å². The lowest BCUT2D eigenvalue weighted by atomic mass is 9.64. The molecule has 1 saturated carbocycles. The molecule has 5 heteroatoms. The maximum atomic E-state index is 11.7. The van der Waals surface area contributed by atoms with Crippen LogP contribution in [0.1, 0.15) is 32.6 Å². The van der Waals surface area contributed by atoms with Gasteiger partial charge in [-0.15, -0.1) is 0 Å². The van der Waals surface area contributed by atoms with Gasteiger partial charge in [-0.05, 0) is 31.3 Å². The summed E-state index contributed by atoms with van der Waals surface area (Å²) in [7, 11) is 0. The van der Waals surface area contributed by atoms with E-state index in [-0.39, 0.29) is 17.4 Å². The molecule has 3 aliphatic rings. The van der Waals surface area contributed by atoms with Crippen molar-refractivity contribution in [3.63, 3.8) is 0 Å². The maximum Gasteiger partial charge on any atom is 0.334 e. The van der Waals surface area contributed by atoms with Crippen molar-refractivity contribution in [2.75, 3.05) is 0 Å². The Bertz CT molecular complexity index is 483. The Labute approximate surface area is 117 Å². The van der Waals surface area contributed by atoms with Gasteiger partial charge in [-0.1, -0.05) is 19.6 Å². The molecule has 1 heterocycles. The van der Waals surface area contributed by atoms with Crippen LogP contribution in [0.15, 0.2) is 23.8 Å². The highest BCUT2D eigenvalue weighted by atomic mass is 17.1. The number of hydrogen-bond acceptors (Lipinski definition) is 5. The van der Waals surface area contributed by atoms with Crippen LogP contribution in [0.2, 0.25) is 0 Å². The second-order valence-electron chi connectivity index (χ2n) is 6.42. The molecule has 2 bridgehead atoms. The van der Waals surface area contributed by atoms with E-state index in [9.17, 15) is 9.90 Å². The molecule has 3 rings (SSSR count). The summed E-state index contributed by atoms with van der Waals surface area (Å²) >= 11 is 0. The molecule has 2 N–H and O–H groups in total. The first-order chi connectivity index (χ1) is 9.46. The van der Waals surface area contributed by atoms with Gasteiger partial charge in [0.05, 0.1) is 6.10 Å². The van der Waals surface area contributed by atoms with Crippen LogP contribution >= 0.6 is 0 Å². The number of ether oxygens (including phenoxy) is 1. The zero-order valence-electron chi connectivity index (χ0n) is 11.5. The van der Waals surface area contributed by atoms with Crippen LogP contribution in [0.5, 0.6) is 0 Å². The van der Waals surface area contributed by atoms with Crippen molar-refractivity contribution in [1.29, 1.82) is 0 Å². The Morgan fingerprint density at radius 2 is 2.30 bits per heavy atom. The van der Waals surface area contributed by atoms with Crippen LogP contribution in [0, 0.1) is 11.3 Å². The molecule has 1 saturated heterocycles. The molecule has 2 aliphatic carbocycles. The second-order valence-corrected chi connectivity index (χ2v) is 6.42. The number of carbonyl (C=O) groups is 1. The molecule has 110 valence electrons. The normalized spacial score (nSPS) is 46.9. The summed E-state index contributed by atoms with van der Waals surface area (Å²) in [4.78, 5) is 16.3. The first kappa shape index (κ1) is 13.8. The predicted octanol–water partition coefficient (Wildman–Crippen LogP) is 1.82. The van der Waals surface area contributed by atoms with Crippen LogP contribution in [0.4, 0.5) is 0 Å². The molecule has 1 aliphatic heterocycles. The van der Waals surface area contributed by atoms with Gasteiger partial charge < -0.3 is 9.84 Å². The standard InChI is InChI=1S/C15H20O5/c1-8-10-4-3-9-7-15(2,6-5-11(9)20-18)13(16)12(10)19-14(8)17/h3,10-13,16,18H,1,4-7H2,2H3/b9-3+/t10-,11+,12-,13+,15?/m0/s1. The van der Waals surface area contributed by atoms with E-state index in [4.69, 9.17) is 9.99 Å². The van der Waals surface area contributed by atoms with Crippen LogP contribution in [-0.4, -0.2) is 34.6 Å². The Hall–Kier alpha value is -1.17. The summed E-state index contributed by atoms with van der Waals surface area (Å²) in [6.45, 7) is 5.78. The van der Waals surface area contributed by atoms with Crippen molar-refractivity contribution in [3.05, 3.63) is 23.8 Å². The van der Waals surface area contributed by atoms with Gasteiger partial charge in [-0.25, -0.2) is 9.68 Å². The summed E-state index contributed by atoms with van der Waals surface area (Å²) < 4.78 is 5.34. The molecule has 1 unspecified atom stereocenters. The Morgan fingerprint density at radius 3 is 3.00 bits per heavy atom. The molecule has 0 amide bonds. The number of fused-ring (bicyclic) bond motifs is 3. The van der Waals surface area contributed by atoms with Crippen molar-refractivity contribution in [2.45, 2.75) is 50.9 Å². The second kappa shape index (κ2) is 4.69. The highest BCUT2D eigenvalue weighted by Crippen LogP contribution is 2.49. The summed E-state index contributed by atoms with van der Waals surface area (Å²) in [5.74, 6) is -0.600. The quantitative estimate of drug-likeness (QED) is 0.252. The maximum absolute atomic E-state index is 11.7. The lowest BCUT2D eigenvalue weighted by Gasteiger charge is -2.45. The summed E-state index contributed by atoms with van der Waals surface area (Å²) in [6.07, 6.45) is 3.06. The van der Waals surface area contributed by atoms with E-state index in [0.717, 1.165) is 5.57 Å². The smallest absolute Gasteiger partial charge is 0.334 e. The zero-order chi connectivity index (χ0) is 14.5. The van der Waals surface area contributed by atoms with Gasteiger partial charge in [0.15, 0.2) is 0 Å². The van der Waals surface area contributed by atoms with Crippen LogP contribution in [-0.2, 0) is 14.4 Å². The number of hydrogen-bond donors (Lipinski definition) is 2. The molecular formula is C15H20O5. The molecule has 0 aromatic heterocycles. The number of rotatable bonds is 1. The van der Waals surface area contributed by atoms with E-state index in [2.05, 4.69) is 11.5 Å². The minimum absolute atomic E-state index is 0.190. The number of carbonyl (C=O) groups excluding carboxylic acids is 1. The Kier molecular flexibility index (Phi) is 3.23. The van der Waals surface area contributed by atoms with Gasteiger partial charge in [0.2, 0.25) is 0 Å². The molecule has 20 heavy (non-hydrogen) atoms. The first-order valence-electron chi connectivity index (χ1n) is 7.03. The molecule has 5 atom stereocenters. The van der Waals surface area contributed by atoms with E-state index >= 15 is 0 Å². The number of aliphatic hydroxyl groups is 1. The fraction of sp³-hybridized carbons (Fsp3) is 0.667. The monoisotopic (exact) mass is 280 g/mol. The topological polar surface area (TPSA) is 76.0 Å². The lowest BCUT2D eigenvalue weighted by molar-refractivity contribution is -0.276. The van der Waals surface area contributed by atoms with Gasteiger partial charge in [-0.3, -0.25) is 5.26 Å². The highest BCUT2D eigenvalue weighted by Gasteiger charge is 2.51. The SMILES string of the molecule is C=C1C(=O)O[C@@H]2[C@@H](O)C3(C)CC[C@@H](OO)/C(=C/C[C@@H]12)C3. The zero-order valence-corrected chi connectivity index (χ0v) is 11.5. The molecule has 2 fully saturated rings. The predicted molar refractivity (Wildman–Crippen MR) is 70.7 cm³/mol. The van der Waals surface area contributed by atoms with Gasteiger partial charge in [0.25, 0.3) is 0 Å². The van der Waals surface area contributed by atoms with Gasteiger partial charge in [0.1, 0.15) is 12.2 Å². The van der Waals surface area contributed by atoms with E-state index < -0.39 is 18.2 Å². The molecule has 0 radical (unpaired) electrons. The van der Waals surface area contributed by atoms with Crippen molar-refractivity contribution in [2.24, 2.45) is 11.3 Å². The molecule has 0 spiro atoms. The Balaban J connectivity index is 1.99. The van der Waals surface area contributed by atoms with E-state index in [1.807, 2.05) is 13.0 Å². The van der Waals surface area contributed by atoms with E-state index in [0.29, 0.717) is 31.3 Å². The first-order valence-corrected chi connectivity index (χ1v) is 7.03. The fourth-order valence-corrected chi connectivity index (χ4v) is 3.76. The number of esters is 1. The van der Waals surface area contributed by atoms with Gasteiger partial charge in [0, 0.05) is 16.9 Å². The van der Waals surface area contributed by atoms with Crippen molar-refractivity contribution >= 4 is 5.97 Å². The van der Waals surface area contributed by atoms with Crippen molar-refractivity contribution < 1.29 is 24.8 Å². The van der Waals surface area contributed by atoms with Crippen molar-refractivity contribution in [3.8, 4) is 0 Å². The van der Waals surface area contributed by atoms with E-state index in [1.54, 1.807) is 0 Å². The molecular weight excluding hydrogens is 260 g/mol.